The summed E-state index contributed by atoms with van der Waals surface area (Å²) in [5, 5.41) is 0. The number of benzene rings is 2. The van der Waals surface area contributed by atoms with E-state index in [9.17, 15) is 45.5 Å². The molecule has 0 unspecified atom stereocenters. The largest absolute Gasteiger partial charge is 0.444 e. The van der Waals surface area contributed by atoms with E-state index >= 15 is 0 Å². The Labute approximate surface area is 320 Å². The van der Waals surface area contributed by atoms with Gasteiger partial charge in [0.15, 0.2) is 0 Å². The Morgan fingerprint density at radius 2 is 0.855 bits per heavy atom. The summed E-state index contributed by atoms with van der Waals surface area (Å²) in [6, 6.07) is 6.15. The third-order valence-electron chi connectivity index (χ3n) is 8.16. The van der Waals surface area contributed by atoms with Gasteiger partial charge in [-0.1, -0.05) is 23.9 Å². The molecule has 17 heteroatoms. The van der Waals surface area contributed by atoms with Gasteiger partial charge in [-0.3, -0.25) is 9.59 Å². The van der Waals surface area contributed by atoms with Crippen molar-refractivity contribution in [2.75, 3.05) is 52.4 Å². The van der Waals surface area contributed by atoms with Crippen molar-refractivity contribution in [1.82, 2.24) is 19.6 Å². The first-order chi connectivity index (χ1) is 25.4. The molecular weight excluding hydrogens is 754 g/mol. The molecule has 2 saturated heterocycles. The molecule has 2 aromatic rings. The van der Waals surface area contributed by atoms with Crippen molar-refractivity contribution in [2.24, 2.45) is 0 Å². The fraction of sp³-hybridized carbons (Fsp3) is 0.474. The second-order valence-corrected chi connectivity index (χ2v) is 15.9. The highest BCUT2D eigenvalue weighted by Crippen LogP contribution is 2.44. The van der Waals surface area contributed by atoms with Crippen LogP contribution in [-0.2, 0) is 31.4 Å². The molecule has 2 aliphatic rings. The quantitative estimate of drug-likeness (QED) is 0.216. The maximum atomic E-state index is 14.2. The summed E-state index contributed by atoms with van der Waals surface area (Å²) in [6.45, 7) is 12.0. The molecule has 10 nitrogen and oxygen atoms in total. The zero-order valence-electron chi connectivity index (χ0n) is 31.3. The van der Waals surface area contributed by atoms with E-state index in [0.717, 1.165) is 36.4 Å². The number of carbonyl (C=O) groups excluding carboxylic acids is 4. The molecule has 2 fully saturated rings. The molecule has 0 spiro atoms. The monoisotopic (exact) mass is 798 g/mol. The van der Waals surface area contributed by atoms with Gasteiger partial charge in [-0.05, 0) is 89.1 Å². The summed E-state index contributed by atoms with van der Waals surface area (Å²) >= 11 is 0.294. The van der Waals surface area contributed by atoms with E-state index in [4.69, 9.17) is 9.47 Å². The molecule has 2 heterocycles. The van der Waals surface area contributed by atoms with Gasteiger partial charge in [0, 0.05) is 74.3 Å². The van der Waals surface area contributed by atoms with Gasteiger partial charge >= 0.3 is 24.5 Å². The standard InChI is InChI=1S/C38H44F6N4O6S/c1-35(2,3)53-33(51)47-19-15-45(16-20-47)31(49)13-9-25-7-11-29(27(23-25)37(39,40)41)55-30-12-8-26(24-28(30)38(42,43)44)10-14-32(50)46-17-21-48(22-18-46)34(52)54-36(4,5)6/h7-14,23-24H,15-22H2,1-6H3/b13-9+,14-10+. The summed E-state index contributed by atoms with van der Waals surface area (Å²) in [5.74, 6) is -0.968. The molecule has 2 aromatic carbocycles. The van der Waals surface area contributed by atoms with Gasteiger partial charge in [-0.25, -0.2) is 9.59 Å². The van der Waals surface area contributed by atoms with Gasteiger partial charge in [0.05, 0.1) is 11.1 Å². The summed E-state index contributed by atoms with van der Waals surface area (Å²) < 4.78 is 96.1. The lowest BCUT2D eigenvalue weighted by Gasteiger charge is -2.35. The highest BCUT2D eigenvalue weighted by atomic mass is 32.2. The molecule has 0 aromatic heterocycles. The van der Waals surface area contributed by atoms with Crippen LogP contribution in [0, 0.1) is 0 Å². The number of hydrogen-bond acceptors (Lipinski definition) is 7. The number of carbonyl (C=O) groups is 4. The smallest absolute Gasteiger partial charge is 0.417 e. The van der Waals surface area contributed by atoms with Gasteiger partial charge in [0.25, 0.3) is 0 Å². The van der Waals surface area contributed by atoms with E-state index in [-0.39, 0.29) is 63.5 Å². The second-order valence-electron chi connectivity index (χ2n) is 14.9. The minimum Gasteiger partial charge on any atom is -0.444 e. The minimum absolute atomic E-state index is 0.00451. The van der Waals surface area contributed by atoms with Crippen molar-refractivity contribution < 1.29 is 55.0 Å². The van der Waals surface area contributed by atoms with Crippen LogP contribution in [0.3, 0.4) is 0 Å². The first kappa shape index (κ1) is 43.1. The van der Waals surface area contributed by atoms with Crippen LogP contribution in [0.1, 0.15) is 63.8 Å². The average Bonchev–Trinajstić information content (AvgIpc) is 3.08. The maximum absolute atomic E-state index is 14.2. The van der Waals surface area contributed by atoms with Gasteiger partial charge in [-0.15, -0.1) is 0 Å². The predicted molar refractivity (Wildman–Crippen MR) is 194 cm³/mol. The van der Waals surface area contributed by atoms with Crippen LogP contribution in [0.4, 0.5) is 35.9 Å². The molecule has 0 bridgehead atoms. The number of ether oxygens (including phenoxy) is 2. The van der Waals surface area contributed by atoms with Crippen molar-refractivity contribution in [1.29, 1.82) is 0 Å². The zero-order chi connectivity index (χ0) is 40.9. The fourth-order valence-electron chi connectivity index (χ4n) is 5.46. The highest BCUT2D eigenvalue weighted by molar-refractivity contribution is 7.99. The van der Waals surface area contributed by atoms with Crippen molar-refractivity contribution in [3.63, 3.8) is 0 Å². The Morgan fingerprint density at radius 1 is 0.545 bits per heavy atom. The lowest BCUT2D eigenvalue weighted by atomic mass is 10.1. The van der Waals surface area contributed by atoms with Gasteiger partial charge < -0.3 is 29.1 Å². The number of alkyl halides is 6. The molecule has 4 rings (SSSR count). The van der Waals surface area contributed by atoms with E-state index < -0.39 is 68.5 Å². The molecule has 2 aliphatic heterocycles. The van der Waals surface area contributed by atoms with E-state index in [2.05, 4.69) is 0 Å². The Bertz CT molecular complexity index is 1670. The zero-order valence-corrected chi connectivity index (χ0v) is 32.2. The molecule has 0 atom stereocenters. The van der Waals surface area contributed by atoms with Gasteiger partial charge in [0.1, 0.15) is 11.2 Å². The van der Waals surface area contributed by atoms with Crippen LogP contribution in [0.5, 0.6) is 0 Å². The number of rotatable bonds is 6. The van der Waals surface area contributed by atoms with Crippen molar-refractivity contribution in [3.8, 4) is 0 Å². The van der Waals surface area contributed by atoms with Crippen molar-refractivity contribution in [3.05, 3.63) is 70.8 Å². The predicted octanol–water partition coefficient (Wildman–Crippen LogP) is 8.06. The number of nitrogens with zero attached hydrogens (tertiary/aromatic N) is 4. The maximum Gasteiger partial charge on any atom is 0.417 e. The normalized spacial score (nSPS) is 16.2. The van der Waals surface area contributed by atoms with Crippen LogP contribution in [-0.4, -0.2) is 107 Å². The fourth-order valence-corrected chi connectivity index (χ4v) is 6.54. The summed E-state index contributed by atoms with van der Waals surface area (Å²) in [7, 11) is 0. The van der Waals surface area contributed by atoms with Gasteiger partial charge in [0.2, 0.25) is 11.8 Å². The van der Waals surface area contributed by atoms with Crippen LogP contribution in [0.25, 0.3) is 12.2 Å². The van der Waals surface area contributed by atoms with E-state index in [0.29, 0.717) is 11.8 Å². The number of halogens is 6. The molecular formula is C38H44F6N4O6S. The summed E-state index contributed by atoms with van der Waals surface area (Å²) in [5.41, 5.74) is -3.74. The molecule has 0 N–H and O–H groups in total. The molecule has 0 radical (unpaired) electrons. The minimum atomic E-state index is -4.94. The van der Waals surface area contributed by atoms with Crippen molar-refractivity contribution in [2.45, 2.75) is 74.9 Å². The van der Waals surface area contributed by atoms with Gasteiger partial charge in [-0.2, -0.15) is 26.3 Å². The third-order valence-corrected chi connectivity index (χ3v) is 9.31. The molecule has 300 valence electrons. The highest BCUT2D eigenvalue weighted by Gasteiger charge is 2.37. The van der Waals surface area contributed by atoms with Crippen LogP contribution in [0.15, 0.2) is 58.3 Å². The molecule has 55 heavy (non-hydrogen) atoms. The molecule has 4 amide bonds. The lowest BCUT2D eigenvalue weighted by molar-refractivity contribution is -0.140. The lowest BCUT2D eigenvalue weighted by Crippen LogP contribution is -2.51. The Balaban J connectivity index is 1.43. The van der Waals surface area contributed by atoms with E-state index in [1.165, 1.54) is 43.9 Å². The Kier molecular flexibility index (Phi) is 13.3. The Hall–Kier alpha value is -4.67. The van der Waals surface area contributed by atoms with Crippen molar-refractivity contribution >= 4 is 47.9 Å². The molecule has 0 aliphatic carbocycles. The van der Waals surface area contributed by atoms with Crippen LogP contribution < -0.4 is 0 Å². The first-order valence-electron chi connectivity index (χ1n) is 17.4. The summed E-state index contributed by atoms with van der Waals surface area (Å²) in [6.07, 6.45) is -6.31. The third kappa shape index (κ3) is 12.7. The number of amides is 4. The topological polar surface area (TPSA) is 99.7 Å². The molecule has 0 saturated carbocycles. The first-order valence-corrected chi connectivity index (χ1v) is 18.2. The van der Waals surface area contributed by atoms with Crippen LogP contribution >= 0.6 is 11.8 Å². The summed E-state index contributed by atoms with van der Waals surface area (Å²) in [4.78, 5) is 55.0. The van der Waals surface area contributed by atoms with E-state index in [1.807, 2.05) is 0 Å². The van der Waals surface area contributed by atoms with E-state index in [1.54, 1.807) is 41.5 Å². The Morgan fingerprint density at radius 3 is 1.15 bits per heavy atom. The second kappa shape index (κ2) is 17.0. The average molecular weight is 799 g/mol. The number of piperazine rings is 2. The SMILES string of the molecule is CC(C)(C)OC(=O)N1CCN(C(=O)/C=C/c2ccc(Sc3ccc(/C=C/C(=O)N4CCN(C(=O)OC(C)(C)C)CC4)cc3C(F)(F)F)c(C(F)(F)F)c2)CC1. The number of hydrogen-bond donors (Lipinski definition) is 0. The van der Waals surface area contributed by atoms with Crippen LogP contribution in [0.2, 0.25) is 0 Å².